The van der Waals surface area contributed by atoms with E-state index in [0.717, 1.165) is 5.56 Å². The van der Waals surface area contributed by atoms with E-state index >= 15 is 0 Å². The van der Waals surface area contributed by atoms with Crippen LogP contribution >= 0.6 is 35.4 Å². The lowest BCUT2D eigenvalue weighted by Crippen LogP contribution is -2.20. The monoisotopic (exact) mass is 437 g/mol. The lowest BCUT2D eigenvalue weighted by Gasteiger charge is -2.11. The lowest BCUT2D eigenvalue weighted by molar-refractivity contribution is 0.395. The molecule has 0 bridgehead atoms. The van der Waals surface area contributed by atoms with Gasteiger partial charge in [0.05, 0.1) is 30.8 Å². The van der Waals surface area contributed by atoms with Crippen LogP contribution < -0.4 is 20.1 Å². The maximum atomic E-state index is 6.04. The molecule has 0 fully saturated rings. The Labute approximate surface area is 177 Å². The van der Waals surface area contributed by atoms with Gasteiger partial charge in [-0.2, -0.15) is 0 Å². The van der Waals surface area contributed by atoms with Crippen LogP contribution in [0.15, 0.2) is 42.7 Å². The van der Waals surface area contributed by atoms with Gasteiger partial charge in [-0.3, -0.25) is 5.32 Å². The van der Waals surface area contributed by atoms with Crippen molar-refractivity contribution in [1.29, 1.82) is 0 Å². The van der Waals surface area contributed by atoms with Gasteiger partial charge in [0.2, 0.25) is 5.95 Å². The molecule has 0 unspecified atom stereocenters. The quantitative estimate of drug-likeness (QED) is 0.551. The molecule has 0 saturated carbocycles. The van der Waals surface area contributed by atoms with Crippen molar-refractivity contribution in [3.63, 3.8) is 0 Å². The summed E-state index contributed by atoms with van der Waals surface area (Å²) in [6.07, 6.45) is 1.60. The van der Waals surface area contributed by atoms with Crippen molar-refractivity contribution < 1.29 is 9.47 Å². The average Bonchev–Trinajstić information content (AvgIpc) is 3.10. The van der Waals surface area contributed by atoms with E-state index in [9.17, 15) is 0 Å². The van der Waals surface area contributed by atoms with E-state index in [2.05, 4.69) is 20.7 Å². The minimum Gasteiger partial charge on any atom is -0.497 e. The molecule has 28 heavy (non-hydrogen) atoms. The molecule has 0 amide bonds. The molecule has 1 aromatic heterocycles. The molecule has 0 aliphatic carbocycles. The standard InChI is InChI=1S/C18H17Cl2N5O2S/c1-26-13-6-12(7-14(8-13)27-2)22-18(28)23-17-21-10-25(24-17)9-11-3-4-15(19)16(20)5-11/h3-8,10H,9H2,1-2H3,(H2,22,23,24,28). The fourth-order valence-electron chi connectivity index (χ4n) is 2.40. The summed E-state index contributed by atoms with van der Waals surface area (Å²) >= 11 is 17.3. The van der Waals surface area contributed by atoms with Crippen LogP contribution in [-0.2, 0) is 6.54 Å². The van der Waals surface area contributed by atoms with Gasteiger partial charge in [-0.25, -0.2) is 9.67 Å². The number of benzene rings is 2. The second-order valence-corrected chi connectivity index (χ2v) is 6.92. The minimum absolute atomic E-state index is 0.336. The van der Waals surface area contributed by atoms with Crippen LogP contribution in [-0.4, -0.2) is 34.1 Å². The molecular weight excluding hydrogens is 421 g/mol. The highest BCUT2D eigenvalue weighted by atomic mass is 35.5. The van der Waals surface area contributed by atoms with Gasteiger partial charge >= 0.3 is 0 Å². The van der Waals surface area contributed by atoms with Crippen molar-refractivity contribution >= 4 is 52.2 Å². The van der Waals surface area contributed by atoms with Gasteiger partial charge in [-0.1, -0.05) is 29.3 Å². The Kier molecular flexibility index (Phi) is 6.56. The molecule has 0 atom stereocenters. The van der Waals surface area contributed by atoms with Crippen LogP contribution in [0.1, 0.15) is 5.56 Å². The number of rotatable bonds is 6. The van der Waals surface area contributed by atoms with Crippen molar-refractivity contribution in [3.05, 3.63) is 58.3 Å². The highest BCUT2D eigenvalue weighted by Crippen LogP contribution is 2.26. The molecule has 2 N–H and O–H groups in total. The predicted octanol–water partition coefficient (Wildman–Crippen LogP) is 4.46. The second kappa shape index (κ2) is 9.09. The number of thiocarbonyl (C=S) groups is 1. The van der Waals surface area contributed by atoms with Crippen molar-refractivity contribution in [3.8, 4) is 11.5 Å². The van der Waals surface area contributed by atoms with Crippen molar-refractivity contribution in [2.45, 2.75) is 6.54 Å². The van der Waals surface area contributed by atoms with Gasteiger partial charge in [0.25, 0.3) is 0 Å². The third-order valence-corrected chi connectivity index (χ3v) is 4.64. The van der Waals surface area contributed by atoms with Gasteiger partial charge in [-0.05, 0) is 29.9 Å². The van der Waals surface area contributed by atoms with Crippen LogP contribution in [0.2, 0.25) is 10.0 Å². The van der Waals surface area contributed by atoms with Gasteiger partial charge in [0.1, 0.15) is 17.8 Å². The summed E-state index contributed by atoms with van der Waals surface area (Å²) < 4.78 is 12.2. The zero-order chi connectivity index (χ0) is 20.1. The Morgan fingerprint density at radius 3 is 2.39 bits per heavy atom. The normalized spacial score (nSPS) is 10.4. The summed E-state index contributed by atoms with van der Waals surface area (Å²) in [6.45, 7) is 0.499. The molecule has 0 aliphatic rings. The lowest BCUT2D eigenvalue weighted by atomic mass is 10.2. The number of hydrogen-bond acceptors (Lipinski definition) is 5. The van der Waals surface area contributed by atoms with E-state index in [-0.39, 0.29) is 0 Å². The SMILES string of the molecule is COc1cc(NC(=S)Nc2ncn(Cc3ccc(Cl)c(Cl)c3)n2)cc(OC)c1. The summed E-state index contributed by atoms with van der Waals surface area (Å²) in [5.74, 6) is 1.66. The molecule has 0 aliphatic heterocycles. The molecule has 1 heterocycles. The minimum atomic E-state index is 0.336. The van der Waals surface area contributed by atoms with Gasteiger partial charge < -0.3 is 14.8 Å². The van der Waals surface area contributed by atoms with E-state index in [0.29, 0.717) is 44.8 Å². The Morgan fingerprint density at radius 2 is 1.75 bits per heavy atom. The van der Waals surface area contributed by atoms with E-state index in [1.54, 1.807) is 55.6 Å². The molecule has 146 valence electrons. The Balaban J connectivity index is 1.63. The van der Waals surface area contributed by atoms with Crippen molar-refractivity contribution in [1.82, 2.24) is 14.8 Å². The molecule has 0 spiro atoms. The van der Waals surface area contributed by atoms with Crippen molar-refractivity contribution in [2.24, 2.45) is 0 Å². The molecule has 10 heteroatoms. The van der Waals surface area contributed by atoms with Crippen LogP contribution in [0.3, 0.4) is 0 Å². The first kappa shape index (κ1) is 20.2. The number of ether oxygens (including phenoxy) is 2. The maximum Gasteiger partial charge on any atom is 0.248 e. The first-order valence-corrected chi connectivity index (χ1v) is 9.27. The molecule has 2 aromatic carbocycles. The molecule has 0 saturated heterocycles. The predicted molar refractivity (Wildman–Crippen MR) is 115 cm³/mol. The third-order valence-electron chi connectivity index (χ3n) is 3.70. The van der Waals surface area contributed by atoms with E-state index < -0.39 is 0 Å². The topological polar surface area (TPSA) is 73.2 Å². The smallest absolute Gasteiger partial charge is 0.248 e. The fourth-order valence-corrected chi connectivity index (χ4v) is 2.93. The number of nitrogens with one attached hydrogen (secondary N) is 2. The fraction of sp³-hybridized carbons (Fsp3) is 0.167. The van der Waals surface area contributed by atoms with E-state index in [1.165, 1.54) is 0 Å². The number of aromatic nitrogens is 3. The Hall–Kier alpha value is -2.55. The molecule has 3 aromatic rings. The van der Waals surface area contributed by atoms with Crippen molar-refractivity contribution in [2.75, 3.05) is 24.9 Å². The average molecular weight is 438 g/mol. The molecular formula is C18H17Cl2N5O2S. The summed E-state index contributed by atoms with van der Waals surface area (Å²) in [6, 6.07) is 10.8. The summed E-state index contributed by atoms with van der Waals surface area (Å²) in [5, 5.41) is 11.7. The molecule has 7 nitrogen and oxygen atoms in total. The Morgan fingerprint density at radius 1 is 1.04 bits per heavy atom. The van der Waals surface area contributed by atoms with Gasteiger partial charge in [0, 0.05) is 23.9 Å². The first-order valence-electron chi connectivity index (χ1n) is 8.11. The number of methoxy groups -OCH3 is 2. The number of anilines is 2. The molecule has 3 rings (SSSR count). The van der Waals surface area contributed by atoms with Gasteiger partial charge in [-0.15, -0.1) is 5.10 Å². The second-order valence-electron chi connectivity index (χ2n) is 5.69. The highest BCUT2D eigenvalue weighted by molar-refractivity contribution is 7.80. The zero-order valence-electron chi connectivity index (χ0n) is 15.1. The van der Waals surface area contributed by atoms with Crippen LogP contribution in [0.5, 0.6) is 11.5 Å². The van der Waals surface area contributed by atoms with Crippen LogP contribution in [0.25, 0.3) is 0 Å². The van der Waals surface area contributed by atoms with Crippen LogP contribution in [0, 0.1) is 0 Å². The first-order chi connectivity index (χ1) is 13.5. The zero-order valence-corrected chi connectivity index (χ0v) is 17.4. The van der Waals surface area contributed by atoms with E-state index in [1.807, 2.05) is 6.07 Å². The third kappa shape index (κ3) is 5.25. The summed E-state index contributed by atoms with van der Waals surface area (Å²) in [7, 11) is 3.17. The number of halogens is 2. The largest absolute Gasteiger partial charge is 0.497 e. The highest BCUT2D eigenvalue weighted by Gasteiger charge is 2.08. The maximum absolute atomic E-state index is 6.04. The number of nitrogens with zero attached hydrogens (tertiary/aromatic N) is 3. The van der Waals surface area contributed by atoms with Crippen LogP contribution in [0.4, 0.5) is 11.6 Å². The molecule has 0 radical (unpaired) electrons. The Bertz CT molecular complexity index is 974. The van der Waals surface area contributed by atoms with Gasteiger partial charge in [0.15, 0.2) is 5.11 Å². The van der Waals surface area contributed by atoms with E-state index in [4.69, 9.17) is 44.9 Å². The summed E-state index contributed by atoms with van der Waals surface area (Å²) in [4.78, 5) is 4.21. The number of hydrogen-bond donors (Lipinski definition) is 2. The summed E-state index contributed by atoms with van der Waals surface area (Å²) in [5.41, 5.74) is 1.67.